The van der Waals surface area contributed by atoms with Gasteiger partial charge in [-0.1, -0.05) is 30.3 Å². The normalized spacial score (nSPS) is 14.0. The number of carbonyl (C=O) groups excluding carboxylic acids is 6. The van der Waals surface area contributed by atoms with E-state index in [1.165, 1.54) is 7.05 Å². The number of carbonyl (C=O) groups is 6. The Kier molecular flexibility index (Phi) is 21.2. The first-order valence-electron chi connectivity index (χ1n) is 16.0. The number of unbranched alkanes of at least 4 members (excludes halogenated alkanes) is 2. The van der Waals surface area contributed by atoms with Crippen molar-refractivity contribution in [2.75, 3.05) is 45.2 Å². The highest BCUT2D eigenvalue weighted by molar-refractivity contribution is 7.80. The topological polar surface area (TPSA) is 244 Å². The zero-order chi connectivity index (χ0) is 36.1. The van der Waals surface area contributed by atoms with Gasteiger partial charge in [-0.15, -0.1) is 0 Å². The summed E-state index contributed by atoms with van der Waals surface area (Å²) in [4.78, 5) is 78.8. The van der Waals surface area contributed by atoms with Crippen LogP contribution in [0.4, 0.5) is 0 Å². The number of hydrogen-bond donors (Lipinski definition) is 10. The Hall–Kier alpha value is -3.38. The van der Waals surface area contributed by atoms with Gasteiger partial charge in [0.1, 0.15) is 24.2 Å². The van der Waals surface area contributed by atoms with Crippen LogP contribution < -0.4 is 43.8 Å². The third kappa shape index (κ3) is 15.2. The van der Waals surface area contributed by atoms with E-state index < -0.39 is 72.2 Å². The van der Waals surface area contributed by atoms with E-state index in [1.54, 1.807) is 31.3 Å². The number of nitrogens with one attached hydrogen (secondary N) is 5. The minimum atomic E-state index is -1.11. The van der Waals surface area contributed by atoms with Crippen LogP contribution >= 0.6 is 25.3 Å². The highest BCUT2D eigenvalue weighted by atomic mass is 32.1. The fourth-order valence-corrected chi connectivity index (χ4v) is 5.44. The van der Waals surface area contributed by atoms with Crippen molar-refractivity contribution in [3.05, 3.63) is 35.9 Å². The van der Waals surface area contributed by atoms with E-state index in [1.807, 2.05) is 6.07 Å². The molecule has 1 aromatic rings. The summed E-state index contributed by atoms with van der Waals surface area (Å²) >= 11 is 8.41. The summed E-state index contributed by atoms with van der Waals surface area (Å²) in [6, 6.07) is 4.32. The highest BCUT2D eigenvalue weighted by Gasteiger charge is 2.32. The van der Waals surface area contributed by atoms with Gasteiger partial charge >= 0.3 is 0 Å². The Morgan fingerprint density at radius 2 is 1.25 bits per heavy atom. The number of nitrogens with zero attached hydrogens (tertiary/aromatic N) is 1. The fraction of sp³-hybridized carbons (Fsp3) is 0.613. The molecule has 11 N–H and O–H groups in total. The van der Waals surface area contributed by atoms with Crippen molar-refractivity contribution in [3.8, 4) is 0 Å². The third-order valence-corrected chi connectivity index (χ3v) is 8.41. The zero-order valence-electron chi connectivity index (χ0n) is 27.8. The quantitative estimate of drug-likeness (QED) is 0.0413. The van der Waals surface area contributed by atoms with Crippen molar-refractivity contribution in [1.82, 2.24) is 31.5 Å². The van der Waals surface area contributed by atoms with Gasteiger partial charge in [0, 0.05) is 25.0 Å². The van der Waals surface area contributed by atoms with Crippen molar-refractivity contribution in [2.24, 2.45) is 17.2 Å². The van der Waals surface area contributed by atoms with E-state index in [4.69, 9.17) is 17.2 Å². The number of hydrogen-bond acceptors (Lipinski definition) is 11. The molecule has 0 aliphatic rings. The zero-order valence-corrected chi connectivity index (χ0v) is 29.6. The molecule has 0 radical (unpaired) electrons. The van der Waals surface area contributed by atoms with Crippen molar-refractivity contribution in [1.29, 1.82) is 0 Å². The fourth-order valence-electron chi connectivity index (χ4n) is 4.68. The molecule has 15 nitrogen and oxygen atoms in total. The van der Waals surface area contributed by atoms with E-state index >= 15 is 0 Å². The summed E-state index contributed by atoms with van der Waals surface area (Å²) in [5.74, 6) is -3.47. The van der Waals surface area contributed by atoms with Gasteiger partial charge in [0.15, 0.2) is 0 Å². The van der Waals surface area contributed by atoms with Crippen LogP contribution in [0.2, 0.25) is 0 Å². The van der Waals surface area contributed by atoms with Crippen molar-refractivity contribution in [3.63, 3.8) is 0 Å². The van der Waals surface area contributed by atoms with Gasteiger partial charge in [-0.25, -0.2) is 0 Å². The maximum absolute atomic E-state index is 13.4. The average molecular weight is 712 g/mol. The molecule has 1 aromatic carbocycles. The Morgan fingerprint density at radius 1 is 0.729 bits per heavy atom. The predicted molar refractivity (Wildman–Crippen MR) is 191 cm³/mol. The Bertz CT molecular complexity index is 1180. The number of primary amides is 1. The third-order valence-electron chi connectivity index (χ3n) is 7.70. The molecule has 0 aliphatic carbocycles. The van der Waals surface area contributed by atoms with Gasteiger partial charge in [-0.05, 0) is 64.2 Å². The summed E-state index contributed by atoms with van der Waals surface area (Å²) in [7, 11) is 2.98. The molecule has 0 saturated heterocycles. The van der Waals surface area contributed by atoms with Gasteiger partial charge in [0.2, 0.25) is 35.4 Å². The predicted octanol–water partition coefficient (Wildman–Crippen LogP) is -2.18. The summed E-state index contributed by atoms with van der Waals surface area (Å²) in [5.41, 5.74) is 17.6. The Labute approximate surface area is 293 Å². The van der Waals surface area contributed by atoms with E-state index in [2.05, 4.69) is 51.8 Å². The lowest BCUT2D eigenvalue weighted by Gasteiger charge is -2.29. The molecule has 0 fully saturated rings. The van der Waals surface area contributed by atoms with Gasteiger partial charge in [0.05, 0.1) is 12.6 Å². The maximum Gasteiger partial charge on any atom is 0.244 e. The van der Waals surface area contributed by atoms with Crippen LogP contribution in [0.15, 0.2) is 30.3 Å². The van der Waals surface area contributed by atoms with Crippen LogP contribution in [0.5, 0.6) is 0 Å². The van der Waals surface area contributed by atoms with Crippen LogP contribution in [-0.2, 0) is 35.2 Å². The van der Waals surface area contributed by atoms with E-state index in [0.29, 0.717) is 45.2 Å². The molecule has 48 heavy (non-hydrogen) atoms. The van der Waals surface area contributed by atoms with Crippen LogP contribution in [0.25, 0.3) is 0 Å². The first-order chi connectivity index (χ1) is 22.9. The molecule has 0 heterocycles. The smallest absolute Gasteiger partial charge is 0.244 e. The van der Waals surface area contributed by atoms with Gasteiger partial charge in [-0.3, -0.25) is 28.8 Å². The number of rotatable bonds is 24. The molecule has 0 unspecified atom stereocenters. The van der Waals surface area contributed by atoms with E-state index in [0.717, 1.165) is 10.5 Å². The SMILES string of the molecule is CN[C@@H](CS)C(=O)N[C@@H](CCCCN)C(=O)NCC(=O)N(C)[C@@H](CS)C(=O)N[C@@H](CCCCN)C(=O)N[C@@H](Cc1ccccc1)C(N)=O. The second-order valence-electron chi connectivity index (χ2n) is 11.3. The van der Waals surface area contributed by atoms with E-state index in [-0.39, 0.29) is 24.3 Å². The highest BCUT2D eigenvalue weighted by Crippen LogP contribution is 2.09. The lowest BCUT2D eigenvalue weighted by molar-refractivity contribution is -0.140. The molecule has 1 rings (SSSR count). The van der Waals surface area contributed by atoms with Gasteiger partial charge in [0.25, 0.3) is 0 Å². The maximum atomic E-state index is 13.4. The number of nitrogens with two attached hydrogens (primary N) is 3. The second-order valence-corrected chi connectivity index (χ2v) is 12.0. The van der Waals surface area contributed by atoms with Crippen molar-refractivity contribution in [2.45, 2.75) is 75.2 Å². The molecule has 0 saturated carbocycles. The summed E-state index contributed by atoms with van der Waals surface area (Å²) in [5, 5.41) is 13.4. The Morgan fingerprint density at radius 3 is 1.75 bits per heavy atom. The monoisotopic (exact) mass is 711 g/mol. The molecule has 0 bridgehead atoms. The minimum Gasteiger partial charge on any atom is -0.368 e. The van der Waals surface area contributed by atoms with Crippen molar-refractivity contribution < 1.29 is 28.8 Å². The second kappa shape index (κ2) is 23.9. The molecule has 0 aliphatic heterocycles. The first-order valence-corrected chi connectivity index (χ1v) is 17.3. The number of amides is 6. The summed E-state index contributed by atoms with van der Waals surface area (Å²) in [6.45, 7) is 0.340. The Balaban J connectivity index is 2.96. The summed E-state index contributed by atoms with van der Waals surface area (Å²) < 4.78 is 0. The standard InChI is InChI=1S/C31H53N9O6S2/c1-35-24(18-47)30(45)37-21(12-6-8-14-32)28(43)36-17-26(41)40(2)25(19-48)31(46)38-22(13-7-9-15-33)29(44)39-23(27(34)42)16-20-10-4-3-5-11-20/h3-5,10-11,21-25,35,47-48H,6-9,12-19,32-33H2,1-2H3,(H2,34,42)(H,36,43)(H,37,45)(H,38,46)(H,39,44)/t21-,22-,23-,24-,25-/m0/s1. The molecule has 0 aromatic heterocycles. The molecule has 5 atom stereocenters. The molecular formula is C31H53N9O6S2. The van der Waals surface area contributed by atoms with Gasteiger partial charge in [-0.2, -0.15) is 25.3 Å². The largest absolute Gasteiger partial charge is 0.368 e. The van der Waals surface area contributed by atoms with Crippen LogP contribution in [0, 0.1) is 0 Å². The van der Waals surface area contributed by atoms with Gasteiger partial charge < -0.3 is 48.7 Å². The summed E-state index contributed by atoms with van der Waals surface area (Å²) in [6.07, 6.45) is 3.00. The number of likely N-dealkylation sites (N-methyl/N-ethyl adjacent to an activating group) is 2. The van der Waals surface area contributed by atoms with Crippen molar-refractivity contribution >= 4 is 60.7 Å². The van der Waals surface area contributed by atoms with Crippen LogP contribution in [-0.4, -0.2) is 116 Å². The van der Waals surface area contributed by atoms with Crippen LogP contribution in [0.1, 0.15) is 44.1 Å². The molecule has 0 spiro atoms. The molecule has 270 valence electrons. The molecule has 17 heteroatoms. The first kappa shape index (κ1) is 42.6. The molecule has 6 amide bonds. The minimum absolute atomic E-state index is 0.0933. The lowest BCUT2D eigenvalue weighted by Crippen LogP contribution is -2.58. The number of thiol groups is 2. The van der Waals surface area contributed by atoms with Crippen LogP contribution in [0.3, 0.4) is 0 Å². The average Bonchev–Trinajstić information content (AvgIpc) is 3.07. The molecular weight excluding hydrogens is 659 g/mol. The lowest BCUT2D eigenvalue weighted by atomic mass is 10.0. The van der Waals surface area contributed by atoms with E-state index in [9.17, 15) is 28.8 Å². The number of benzene rings is 1.